The second-order valence-corrected chi connectivity index (χ2v) is 10.8. The number of carbonyl (C=O) groups excluding carboxylic acids is 2. The summed E-state index contributed by atoms with van der Waals surface area (Å²) in [6.45, 7) is 1.45. The normalized spacial score (nSPS) is 11.0. The predicted octanol–water partition coefficient (Wildman–Crippen LogP) is 6.44. The summed E-state index contributed by atoms with van der Waals surface area (Å²) in [6.07, 6.45) is 6.48. The number of ether oxygens (including phenoxy) is 1. The van der Waals surface area contributed by atoms with Crippen LogP contribution >= 0.6 is 0 Å². The van der Waals surface area contributed by atoms with Crippen LogP contribution < -0.4 is 20.9 Å². The van der Waals surface area contributed by atoms with Crippen LogP contribution in [0.25, 0.3) is 39.2 Å². The van der Waals surface area contributed by atoms with Crippen molar-refractivity contribution in [3.05, 3.63) is 132 Å². The third-order valence-corrected chi connectivity index (χ3v) is 7.45. The lowest BCUT2D eigenvalue weighted by atomic mass is 10.0. The molecule has 4 aromatic heterocycles. The van der Waals surface area contributed by atoms with Crippen LogP contribution in [0.1, 0.15) is 17.3 Å². The van der Waals surface area contributed by atoms with Crippen LogP contribution in [0.5, 0.6) is 11.6 Å². The lowest BCUT2D eigenvalue weighted by Gasteiger charge is -2.10. The molecule has 0 aliphatic rings. The van der Waals surface area contributed by atoms with Crippen molar-refractivity contribution < 1.29 is 18.7 Å². The van der Waals surface area contributed by atoms with E-state index in [2.05, 4.69) is 25.7 Å². The van der Waals surface area contributed by atoms with E-state index in [0.717, 1.165) is 11.1 Å². The number of carbonyl (C=O) groups is 2. The van der Waals surface area contributed by atoms with Gasteiger partial charge in [0.25, 0.3) is 11.5 Å². The van der Waals surface area contributed by atoms with Gasteiger partial charge in [-0.05, 0) is 66.2 Å². The van der Waals surface area contributed by atoms with Gasteiger partial charge in [-0.15, -0.1) is 0 Å². The first-order chi connectivity index (χ1) is 23.3. The molecule has 0 atom stereocenters. The first kappa shape index (κ1) is 29.9. The Bertz CT molecular complexity index is 2360. The van der Waals surface area contributed by atoms with Crippen molar-refractivity contribution in [2.24, 2.45) is 7.05 Å². The molecule has 236 valence electrons. The first-order valence-corrected chi connectivity index (χ1v) is 14.8. The van der Waals surface area contributed by atoms with Crippen LogP contribution in [0.2, 0.25) is 0 Å². The van der Waals surface area contributed by atoms with Crippen LogP contribution in [0.4, 0.5) is 11.4 Å². The van der Waals surface area contributed by atoms with Crippen molar-refractivity contribution in [2.75, 3.05) is 10.6 Å². The summed E-state index contributed by atoms with van der Waals surface area (Å²) in [6, 6.07) is 26.3. The summed E-state index contributed by atoms with van der Waals surface area (Å²) >= 11 is 0. The number of hydrogen-bond donors (Lipinski definition) is 2. The minimum absolute atomic E-state index is 0.00420. The zero-order chi connectivity index (χ0) is 33.2. The number of furan rings is 1. The number of aromatic nitrogens is 5. The Morgan fingerprint density at radius 1 is 0.854 bits per heavy atom. The first-order valence-electron chi connectivity index (χ1n) is 14.8. The van der Waals surface area contributed by atoms with Gasteiger partial charge in [0.1, 0.15) is 28.8 Å². The van der Waals surface area contributed by atoms with Gasteiger partial charge in [-0.3, -0.25) is 23.6 Å². The predicted molar refractivity (Wildman–Crippen MR) is 180 cm³/mol. The molecule has 7 rings (SSSR count). The number of benzene rings is 3. The van der Waals surface area contributed by atoms with Crippen molar-refractivity contribution in [1.29, 1.82) is 0 Å². The highest BCUT2D eigenvalue weighted by molar-refractivity contribution is 6.05. The summed E-state index contributed by atoms with van der Waals surface area (Å²) in [5.41, 5.74) is 3.72. The Labute approximate surface area is 273 Å². The number of anilines is 2. The van der Waals surface area contributed by atoms with Crippen molar-refractivity contribution in [1.82, 2.24) is 24.3 Å². The molecular formula is C36H27N7O5. The third kappa shape index (κ3) is 5.93. The van der Waals surface area contributed by atoms with Gasteiger partial charge in [0.2, 0.25) is 17.5 Å². The molecule has 0 fully saturated rings. The standard InChI is InChI=1S/C36H27N7O5/c1-22(44)40-26-9-6-8-23(18-26)30-31-34(37-21-38-35(31)48-32(30)24-19-39-42(2)20-24)47-28-15-13-25(14-16-28)41-33(45)29-12-7-17-43(36(29)46)27-10-4-3-5-11-27/h3-21H,1-2H3,(H,40,44)(H,41,45). The number of pyridine rings is 1. The van der Waals surface area contributed by atoms with E-state index in [1.54, 1.807) is 65.6 Å². The number of aryl methyl sites for hydroxylation is 1. The molecule has 2 N–H and O–H groups in total. The van der Waals surface area contributed by atoms with Crippen molar-refractivity contribution >= 4 is 34.3 Å². The maximum Gasteiger partial charge on any atom is 0.267 e. The number of nitrogens with one attached hydrogen (secondary N) is 2. The zero-order valence-corrected chi connectivity index (χ0v) is 25.7. The minimum Gasteiger partial charge on any atom is -0.438 e. The quantitative estimate of drug-likeness (QED) is 0.194. The van der Waals surface area contributed by atoms with Gasteiger partial charge in [-0.1, -0.05) is 30.3 Å². The Morgan fingerprint density at radius 3 is 2.42 bits per heavy atom. The molecule has 12 nitrogen and oxygen atoms in total. The number of nitrogens with zero attached hydrogens (tertiary/aromatic N) is 5. The molecule has 7 aromatic rings. The average molecular weight is 638 g/mol. The van der Waals surface area contributed by atoms with E-state index in [1.165, 1.54) is 23.9 Å². The number of amides is 2. The Balaban J connectivity index is 1.20. The fraction of sp³-hybridized carbons (Fsp3) is 0.0556. The smallest absolute Gasteiger partial charge is 0.267 e. The van der Waals surface area contributed by atoms with Crippen LogP contribution in [-0.2, 0) is 11.8 Å². The molecule has 0 spiro atoms. The number of fused-ring (bicyclic) bond motifs is 1. The summed E-state index contributed by atoms with van der Waals surface area (Å²) in [7, 11) is 1.81. The molecule has 0 aliphatic carbocycles. The summed E-state index contributed by atoms with van der Waals surface area (Å²) < 4.78 is 15.6. The molecule has 0 radical (unpaired) electrons. The molecule has 0 saturated carbocycles. The van der Waals surface area contributed by atoms with Crippen LogP contribution in [0, 0.1) is 0 Å². The van der Waals surface area contributed by atoms with E-state index >= 15 is 0 Å². The molecule has 2 amide bonds. The topological polar surface area (TPSA) is 146 Å². The molecular weight excluding hydrogens is 610 g/mol. The maximum absolute atomic E-state index is 13.1. The van der Waals surface area contributed by atoms with Crippen molar-refractivity contribution in [3.8, 4) is 39.8 Å². The molecule has 0 aliphatic heterocycles. The minimum atomic E-state index is -0.538. The Kier molecular flexibility index (Phi) is 7.79. The van der Waals surface area contributed by atoms with Gasteiger partial charge >= 0.3 is 0 Å². The highest BCUT2D eigenvalue weighted by atomic mass is 16.5. The van der Waals surface area contributed by atoms with Crippen molar-refractivity contribution in [3.63, 3.8) is 0 Å². The fourth-order valence-electron chi connectivity index (χ4n) is 5.33. The second-order valence-electron chi connectivity index (χ2n) is 10.8. The Hall–Kier alpha value is -6.82. The molecule has 48 heavy (non-hydrogen) atoms. The van der Waals surface area contributed by atoms with Gasteiger partial charge < -0.3 is 19.8 Å². The van der Waals surface area contributed by atoms with Gasteiger partial charge in [-0.2, -0.15) is 5.10 Å². The van der Waals surface area contributed by atoms with Gasteiger partial charge in [-0.25, -0.2) is 9.97 Å². The maximum atomic E-state index is 13.1. The van der Waals surface area contributed by atoms with Crippen LogP contribution in [0.3, 0.4) is 0 Å². The highest BCUT2D eigenvalue weighted by Crippen LogP contribution is 2.44. The molecule has 3 aromatic carbocycles. The SMILES string of the molecule is CC(=O)Nc1cccc(-c2c(-c3cnn(C)c3)oc3ncnc(Oc4ccc(NC(=O)c5cccn(-c6ccccc6)c5=O)cc4)c23)c1. The molecule has 4 heterocycles. The lowest BCUT2D eigenvalue weighted by molar-refractivity contribution is -0.114. The van der Waals surface area contributed by atoms with E-state index in [0.29, 0.717) is 45.2 Å². The summed E-state index contributed by atoms with van der Waals surface area (Å²) in [5.74, 6) is 0.442. The molecule has 0 bridgehead atoms. The number of hydrogen-bond acceptors (Lipinski definition) is 8. The highest BCUT2D eigenvalue weighted by Gasteiger charge is 2.24. The van der Waals surface area contributed by atoms with E-state index in [-0.39, 0.29) is 17.4 Å². The second kappa shape index (κ2) is 12.5. The monoisotopic (exact) mass is 637 g/mol. The third-order valence-electron chi connectivity index (χ3n) is 7.45. The van der Waals surface area contributed by atoms with Gasteiger partial charge in [0.05, 0.1) is 11.8 Å². The largest absolute Gasteiger partial charge is 0.438 e. The van der Waals surface area contributed by atoms with E-state index in [1.807, 2.05) is 49.6 Å². The summed E-state index contributed by atoms with van der Waals surface area (Å²) in [5, 5.41) is 10.4. The van der Waals surface area contributed by atoms with E-state index < -0.39 is 11.5 Å². The van der Waals surface area contributed by atoms with Crippen molar-refractivity contribution in [2.45, 2.75) is 6.92 Å². The Morgan fingerprint density at radius 2 is 1.67 bits per heavy atom. The molecule has 12 heteroatoms. The zero-order valence-electron chi connectivity index (χ0n) is 25.7. The number of rotatable bonds is 8. The lowest BCUT2D eigenvalue weighted by Crippen LogP contribution is -2.27. The van der Waals surface area contributed by atoms with Crippen LogP contribution in [-0.4, -0.2) is 36.1 Å². The van der Waals surface area contributed by atoms with Gasteiger partial charge in [0.15, 0.2) is 0 Å². The summed E-state index contributed by atoms with van der Waals surface area (Å²) in [4.78, 5) is 46.8. The molecule has 0 unspecified atom stereocenters. The van der Waals surface area contributed by atoms with E-state index in [9.17, 15) is 14.4 Å². The van der Waals surface area contributed by atoms with Crippen LogP contribution in [0.15, 0.2) is 125 Å². The molecule has 0 saturated heterocycles. The fourth-order valence-corrected chi connectivity index (χ4v) is 5.33. The number of para-hydroxylation sites is 1. The van der Waals surface area contributed by atoms with Gasteiger partial charge in [0, 0.05) is 49.0 Å². The van der Waals surface area contributed by atoms with E-state index in [4.69, 9.17) is 9.15 Å². The average Bonchev–Trinajstić information content (AvgIpc) is 3.70.